The lowest BCUT2D eigenvalue weighted by Crippen LogP contribution is -2.29. The molecule has 0 unspecified atom stereocenters. The predicted octanol–water partition coefficient (Wildman–Crippen LogP) is 3.45. The van der Waals surface area contributed by atoms with Crippen LogP contribution in [0.3, 0.4) is 0 Å². The number of aromatic amines is 1. The Morgan fingerprint density at radius 2 is 1.96 bits per heavy atom. The third-order valence-corrected chi connectivity index (χ3v) is 4.80. The van der Waals surface area contributed by atoms with E-state index in [4.69, 9.17) is 9.47 Å². The Morgan fingerprint density at radius 3 is 2.96 bits per heavy atom. The SMILES string of the molecule is c1ccc2c3c([nH]c2c1)CN(Cc1ccc2c(c1)OCO2)CC3. The topological polar surface area (TPSA) is 37.5 Å². The molecule has 23 heavy (non-hydrogen) atoms. The molecule has 1 N–H and O–H groups in total. The molecule has 0 fully saturated rings. The Kier molecular flexibility index (Phi) is 2.85. The zero-order valence-electron chi connectivity index (χ0n) is 12.8. The molecule has 0 radical (unpaired) electrons. The number of ether oxygens (including phenoxy) is 2. The summed E-state index contributed by atoms with van der Waals surface area (Å²) in [5, 5.41) is 1.38. The molecule has 3 aromatic rings. The van der Waals surface area contributed by atoms with Crippen molar-refractivity contribution in [2.75, 3.05) is 13.3 Å². The van der Waals surface area contributed by atoms with Crippen LogP contribution in [0.2, 0.25) is 0 Å². The van der Waals surface area contributed by atoms with Crippen LogP contribution in [-0.2, 0) is 19.5 Å². The van der Waals surface area contributed by atoms with Crippen molar-refractivity contribution in [1.82, 2.24) is 9.88 Å². The van der Waals surface area contributed by atoms with Crippen LogP contribution < -0.4 is 9.47 Å². The van der Waals surface area contributed by atoms with Crippen molar-refractivity contribution in [2.45, 2.75) is 19.5 Å². The summed E-state index contributed by atoms with van der Waals surface area (Å²) in [4.78, 5) is 6.07. The Balaban J connectivity index is 1.39. The molecule has 1 aromatic heterocycles. The van der Waals surface area contributed by atoms with Gasteiger partial charge in [-0.2, -0.15) is 0 Å². The Labute approximate surface area is 134 Å². The molecule has 0 saturated heterocycles. The number of nitrogens with zero attached hydrogens (tertiary/aromatic N) is 1. The highest BCUT2D eigenvalue weighted by Crippen LogP contribution is 2.33. The van der Waals surface area contributed by atoms with Crippen LogP contribution in [0.15, 0.2) is 42.5 Å². The van der Waals surface area contributed by atoms with Gasteiger partial charge in [0.15, 0.2) is 11.5 Å². The zero-order chi connectivity index (χ0) is 15.2. The van der Waals surface area contributed by atoms with E-state index < -0.39 is 0 Å². The summed E-state index contributed by atoms with van der Waals surface area (Å²) in [5.41, 5.74) is 5.37. The fourth-order valence-electron chi connectivity index (χ4n) is 3.68. The normalized spacial score (nSPS) is 16.7. The molecule has 116 valence electrons. The summed E-state index contributed by atoms with van der Waals surface area (Å²) in [6.45, 7) is 3.33. The Bertz CT molecular complexity index is 884. The number of H-pyrrole nitrogens is 1. The summed E-state index contributed by atoms with van der Waals surface area (Å²) < 4.78 is 10.9. The van der Waals surface area contributed by atoms with Gasteiger partial charge in [-0.3, -0.25) is 4.90 Å². The fraction of sp³-hybridized carbons (Fsp3) is 0.263. The maximum absolute atomic E-state index is 5.48. The van der Waals surface area contributed by atoms with Gasteiger partial charge in [-0.25, -0.2) is 0 Å². The van der Waals surface area contributed by atoms with E-state index in [0.29, 0.717) is 6.79 Å². The number of hydrogen-bond acceptors (Lipinski definition) is 3. The first kappa shape index (κ1) is 13.0. The maximum atomic E-state index is 5.48. The molecule has 2 aliphatic rings. The van der Waals surface area contributed by atoms with Crippen molar-refractivity contribution < 1.29 is 9.47 Å². The second-order valence-corrected chi connectivity index (χ2v) is 6.28. The highest BCUT2D eigenvalue weighted by atomic mass is 16.7. The lowest BCUT2D eigenvalue weighted by molar-refractivity contribution is 0.174. The summed E-state index contributed by atoms with van der Waals surface area (Å²) in [5.74, 6) is 1.72. The van der Waals surface area contributed by atoms with Crippen LogP contribution >= 0.6 is 0 Å². The van der Waals surface area contributed by atoms with E-state index in [2.05, 4.69) is 46.3 Å². The van der Waals surface area contributed by atoms with Crippen molar-refractivity contribution >= 4 is 10.9 Å². The van der Waals surface area contributed by atoms with Gasteiger partial charge >= 0.3 is 0 Å². The summed E-state index contributed by atoms with van der Waals surface area (Å²) in [7, 11) is 0. The number of para-hydroxylation sites is 1. The van der Waals surface area contributed by atoms with Crippen molar-refractivity contribution in [1.29, 1.82) is 0 Å². The molecule has 0 amide bonds. The maximum Gasteiger partial charge on any atom is 0.231 e. The van der Waals surface area contributed by atoms with Gasteiger partial charge in [0.1, 0.15) is 0 Å². The van der Waals surface area contributed by atoms with Crippen molar-refractivity contribution in [3.05, 3.63) is 59.3 Å². The second-order valence-electron chi connectivity index (χ2n) is 6.28. The monoisotopic (exact) mass is 306 g/mol. The van der Waals surface area contributed by atoms with Gasteiger partial charge in [-0.05, 0) is 35.7 Å². The van der Waals surface area contributed by atoms with E-state index >= 15 is 0 Å². The number of nitrogens with one attached hydrogen (secondary N) is 1. The minimum absolute atomic E-state index is 0.334. The van der Waals surface area contributed by atoms with Crippen molar-refractivity contribution in [2.24, 2.45) is 0 Å². The molecule has 0 aliphatic carbocycles. The highest BCUT2D eigenvalue weighted by molar-refractivity contribution is 5.84. The predicted molar refractivity (Wildman–Crippen MR) is 88.7 cm³/mol. The van der Waals surface area contributed by atoms with Gasteiger partial charge < -0.3 is 14.5 Å². The van der Waals surface area contributed by atoms with Crippen LogP contribution in [0.25, 0.3) is 10.9 Å². The minimum Gasteiger partial charge on any atom is -0.454 e. The lowest BCUT2D eigenvalue weighted by Gasteiger charge is -2.27. The van der Waals surface area contributed by atoms with Gasteiger partial charge in [0.25, 0.3) is 0 Å². The molecule has 2 aromatic carbocycles. The molecule has 0 spiro atoms. The number of fused-ring (bicyclic) bond motifs is 4. The van der Waals surface area contributed by atoms with Gasteiger partial charge in [-0.15, -0.1) is 0 Å². The molecule has 5 rings (SSSR count). The van der Waals surface area contributed by atoms with Crippen molar-refractivity contribution in [3.8, 4) is 11.5 Å². The molecule has 2 aliphatic heterocycles. The summed E-state index contributed by atoms with van der Waals surface area (Å²) >= 11 is 0. The fourth-order valence-corrected chi connectivity index (χ4v) is 3.68. The summed E-state index contributed by atoms with van der Waals surface area (Å²) in [6.07, 6.45) is 1.10. The Morgan fingerprint density at radius 1 is 1.04 bits per heavy atom. The second kappa shape index (κ2) is 5.03. The van der Waals surface area contributed by atoms with Gasteiger partial charge in [-0.1, -0.05) is 24.3 Å². The summed E-state index contributed by atoms with van der Waals surface area (Å²) in [6, 6.07) is 14.8. The quantitative estimate of drug-likeness (QED) is 0.788. The van der Waals surface area contributed by atoms with Gasteiger partial charge in [0.05, 0.1) is 0 Å². The van der Waals surface area contributed by atoms with Crippen LogP contribution in [0.1, 0.15) is 16.8 Å². The zero-order valence-corrected chi connectivity index (χ0v) is 12.8. The number of rotatable bonds is 2. The minimum atomic E-state index is 0.334. The average molecular weight is 306 g/mol. The van der Waals surface area contributed by atoms with Gasteiger partial charge in [0, 0.05) is 36.2 Å². The van der Waals surface area contributed by atoms with Crippen LogP contribution in [0.5, 0.6) is 11.5 Å². The van der Waals surface area contributed by atoms with Crippen LogP contribution in [0, 0.1) is 0 Å². The first-order valence-corrected chi connectivity index (χ1v) is 8.06. The lowest BCUT2D eigenvalue weighted by atomic mass is 10.0. The first-order chi connectivity index (χ1) is 11.4. The smallest absolute Gasteiger partial charge is 0.231 e. The average Bonchev–Trinajstić information content (AvgIpc) is 3.17. The number of aromatic nitrogens is 1. The molecule has 4 nitrogen and oxygen atoms in total. The van der Waals surface area contributed by atoms with E-state index in [9.17, 15) is 0 Å². The van der Waals surface area contributed by atoms with Gasteiger partial charge in [0.2, 0.25) is 6.79 Å². The number of hydrogen-bond donors (Lipinski definition) is 1. The molecule has 4 heteroatoms. The highest BCUT2D eigenvalue weighted by Gasteiger charge is 2.21. The van der Waals surface area contributed by atoms with E-state index in [0.717, 1.165) is 37.6 Å². The molecular weight excluding hydrogens is 288 g/mol. The van der Waals surface area contributed by atoms with Crippen molar-refractivity contribution in [3.63, 3.8) is 0 Å². The molecule has 3 heterocycles. The van der Waals surface area contributed by atoms with E-state index in [1.807, 2.05) is 6.07 Å². The van der Waals surface area contributed by atoms with E-state index in [1.165, 1.54) is 27.7 Å². The Hall–Kier alpha value is -2.46. The molecular formula is C19H18N2O2. The van der Waals surface area contributed by atoms with Crippen LogP contribution in [0.4, 0.5) is 0 Å². The molecule has 0 bridgehead atoms. The molecule has 0 atom stereocenters. The third kappa shape index (κ3) is 2.18. The standard InChI is InChI=1S/C19H18N2O2/c1-2-4-16-14(3-1)15-7-8-21(11-17(15)20-16)10-13-5-6-18-19(9-13)23-12-22-18/h1-6,9,20H,7-8,10-12H2. The third-order valence-electron chi connectivity index (χ3n) is 4.80. The molecule has 0 saturated carbocycles. The first-order valence-electron chi connectivity index (χ1n) is 8.06. The van der Waals surface area contributed by atoms with Crippen LogP contribution in [-0.4, -0.2) is 23.2 Å². The number of benzene rings is 2. The van der Waals surface area contributed by atoms with E-state index in [-0.39, 0.29) is 0 Å². The largest absolute Gasteiger partial charge is 0.454 e. The van der Waals surface area contributed by atoms with E-state index in [1.54, 1.807) is 0 Å².